The van der Waals surface area contributed by atoms with Crippen molar-refractivity contribution in [1.29, 1.82) is 0 Å². The number of aromatic nitrogens is 3. The van der Waals surface area contributed by atoms with E-state index < -0.39 is 5.76 Å². The van der Waals surface area contributed by atoms with Crippen LogP contribution in [0.2, 0.25) is 0 Å². The summed E-state index contributed by atoms with van der Waals surface area (Å²) < 4.78 is 8.76. The predicted octanol–water partition coefficient (Wildman–Crippen LogP) is 2.59. The Morgan fingerprint density at radius 1 is 1.07 bits per heavy atom. The highest BCUT2D eigenvalue weighted by Gasteiger charge is 2.10. The number of oxazole rings is 1. The molecule has 0 aliphatic rings. The Kier molecular flexibility index (Phi) is 5.56. The number of benzene rings is 2. The van der Waals surface area contributed by atoms with Gasteiger partial charge in [-0.2, -0.15) is 0 Å². The van der Waals surface area contributed by atoms with Crippen molar-refractivity contribution in [2.24, 2.45) is 0 Å². The molecule has 0 spiro atoms. The highest BCUT2D eigenvalue weighted by molar-refractivity contribution is 5.76. The summed E-state index contributed by atoms with van der Waals surface area (Å²) in [7, 11) is 0. The second kappa shape index (κ2) is 8.60. The molecule has 0 fully saturated rings. The number of nitrogens with one attached hydrogen (secondary N) is 1. The second-order valence-electron chi connectivity index (χ2n) is 6.79. The molecule has 7 heteroatoms. The van der Waals surface area contributed by atoms with E-state index in [-0.39, 0.29) is 18.9 Å². The van der Waals surface area contributed by atoms with Gasteiger partial charge in [-0.1, -0.05) is 42.5 Å². The maximum absolute atomic E-state index is 12.2. The zero-order chi connectivity index (χ0) is 20.1. The molecule has 148 valence electrons. The molecule has 0 bridgehead atoms. The lowest BCUT2D eigenvalue weighted by Gasteiger charge is -2.09. The van der Waals surface area contributed by atoms with Gasteiger partial charge in [-0.05, 0) is 17.7 Å². The van der Waals surface area contributed by atoms with Gasteiger partial charge in [0.1, 0.15) is 5.82 Å². The van der Waals surface area contributed by atoms with Gasteiger partial charge in [0.05, 0.1) is 5.52 Å². The Bertz CT molecular complexity index is 1160. The van der Waals surface area contributed by atoms with Crippen LogP contribution in [0.1, 0.15) is 17.8 Å². The summed E-state index contributed by atoms with van der Waals surface area (Å²) in [5, 5.41) is 2.90. The molecule has 4 rings (SSSR count). The number of hydrogen-bond acceptors (Lipinski definition) is 4. The fourth-order valence-electron chi connectivity index (χ4n) is 3.33. The SMILES string of the molecule is O=C(CCn1c(=O)oc2ccccc21)NCCc1nccn1Cc1ccccc1. The molecule has 1 N–H and O–H groups in total. The van der Waals surface area contributed by atoms with Crippen LogP contribution < -0.4 is 11.1 Å². The van der Waals surface area contributed by atoms with Gasteiger partial charge < -0.3 is 14.3 Å². The first-order valence-electron chi connectivity index (χ1n) is 9.60. The van der Waals surface area contributed by atoms with Gasteiger partial charge in [0.25, 0.3) is 0 Å². The van der Waals surface area contributed by atoms with E-state index in [4.69, 9.17) is 4.42 Å². The van der Waals surface area contributed by atoms with Crippen molar-refractivity contribution in [3.63, 3.8) is 0 Å². The lowest BCUT2D eigenvalue weighted by molar-refractivity contribution is -0.121. The third-order valence-corrected chi connectivity index (χ3v) is 4.80. The summed E-state index contributed by atoms with van der Waals surface area (Å²) in [5.41, 5.74) is 2.44. The van der Waals surface area contributed by atoms with E-state index in [9.17, 15) is 9.59 Å². The fourth-order valence-corrected chi connectivity index (χ4v) is 3.33. The Morgan fingerprint density at radius 3 is 2.72 bits per heavy atom. The van der Waals surface area contributed by atoms with Crippen LogP contribution in [0.15, 0.2) is 76.2 Å². The Morgan fingerprint density at radius 2 is 1.86 bits per heavy atom. The number of nitrogens with zero attached hydrogens (tertiary/aromatic N) is 3. The summed E-state index contributed by atoms with van der Waals surface area (Å²) in [6.07, 6.45) is 4.57. The van der Waals surface area contributed by atoms with Gasteiger partial charge in [0.2, 0.25) is 5.91 Å². The van der Waals surface area contributed by atoms with Crippen molar-refractivity contribution < 1.29 is 9.21 Å². The van der Waals surface area contributed by atoms with Crippen molar-refractivity contribution in [2.75, 3.05) is 6.54 Å². The summed E-state index contributed by atoms with van der Waals surface area (Å²) in [6, 6.07) is 17.4. The van der Waals surface area contributed by atoms with E-state index in [0.29, 0.717) is 24.1 Å². The number of carbonyl (C=O) groups excluding carboxylic acids is 1. The first kappa shape index (κ1) is 18.7. The first-order valence-corrected chi connectivity index (χ1v) is 9.60. The molecule has 4 aromatic rings. The lowest BCUT2D eigenvalue weighted by atomic mass is 10.2. The third kappa shape index (κ3) is 4.45. The third-order valence-electron chi connectivity index (χ3n) is 4.80. The normalized spacial score (nSPS) is 11.0. The maximum Gasteiger partial charge on any atom is 0.419 e. The van der Waals surface area contributed by atoms with Crippen molar-refractivity contribution in [3.8, 4) is 0 Å². The average molecular weight is 390 g/mol. The topological polar surface area (TPSA) is 82.1 Å². The smallest absolute Gasteiger partial charge is 0.408 e. The number of para-hydroxylation sites is 2. The molecule has 0 aliphatic heterocycles. The largest absolute Gasteiger partial charge is 0.419 e. The number of amides is 1. The minimum Gasteiger partial charge on any atom is -0.408 e. The van der Waals surface area contributed by atoms with E-state index >= 15 is 0 Å². The van der Waals surface area contributed by atoms with Gasteiger partial charge in [-0.3, -0.25) is 9.36 Å². The van der Waals surface area contributed by atoms with Gasteiger partial charge in [0.15, 0.2) is 5.58 Å². The van der Waals surface area contributed by atoms with E-state index in [0.717, 1.165) is 12.4 Å². The molecule has 29 heavy (non-hydrogen) atoms. The predicted molar refractivity (Wildman–Crippen MR) is 110 cm³/mol. The molecule has 0 aliphatic carbocycles. The number of fused-ring (bicyclic) bond motifs is 1. The molecule has 2 aromatic heterocycles. The van der Waals surface area contributed by atoms with Gasteiger partial charge in [-0.25, -0.2) is 9.78 Å². The summed E-state index contributed by atoms with van der Waals surface area (Å²) in [4.78, 5) is 28.6. The van der Waals surface area contributed by atoms with Crippen molar-refractivity contribution >= 4 is 17.0 Å². The minimum atomic E-state index is -0.443. The minimum absolute atomic E-state index is 0.108. The van der Waals surface area contributed by atoms with Gasteiger partial charge in [0, 0.05) is 44.9 Å². The van der Waals surface area contributed by atoms with Crippen molar-refractivity contribution in [3.05, 3.63) is 88.9 Å². The summed E-state index contributed by atoms with van der Waals surface area (Å²) >= 11 is 0. The molecular formula is C22H22N4O3. The molecule has 0 saturated carbocycles. The lowest BCUT2D eigenvalue weighted by Crippen LogP contribution is -2.28. The molecule has 2 aromatic carbocycles. The average Bonchev–Trinajstić information content (AvgIpc) is 3.30. The number of imidazole rings is 1. The van der Waals surface area contributed by atoms with Crippen molar-refractivity contribution in [2.45, 2.75) is 25.9 Å². The van der Waals surface area contributed by atoms with Crippen molar-refractivity contribution in [1.82, 2.24) is 19.4 Å². The Balaban J connectivity index is 1.28. The highest BCUT2D eigenvalue weighted by Crippen LogP contribution is 2.12. The van der Waals surface area contributed by atoms with Crippen LogP contribution in [-0.2, 0) is 24.3 Å². The quantitative estimate of drug-likeness (QED) is 0.501. The first-order chi connectivity index (χ1) is 14.2. The van der Waals surface area contributed by atoms with Crippen LogP contribution in [0.5, 0.6) is 0 Å². The number of rotatable bonds is 8. The number of aryl methyl sites for hydroxylation is 1. The van der Waals surface area contributed by atoms with E-state index in [1.165, 1.54) is 10.1 Å². The molecule has 1 amide bonds. The van der Waals surface area contributed by atoms with E-state index in [1.807, 2.05) is 42.6 Å². The van der Waals surface area contributed by atoms with Crippen LogP contribution in [0.25, 0.3) is 11.1 Å². The zero-order valence-electron chi connectivity index (χ0n) is 16.0. The molecule has 0 radical (unpaired) electrons. The van der Waals surface area contributed by atoms with Crippen LogP contribution in [-0.4, -0.2) is 26.6 Å². The number of carbonyl (C=O) groups is 1. The standard InChI is InChI=1S/C22H22N4O3/c27-21(11-14-26-18-8-4-5-9-19(18)29-22(26)28)24-12-10-20-23-13-15-25(20)16-17-6-2-1-3-7-17/h1-9,13,15H,10-12,14,16H2,(H,24,27). The van der Waals surface area contributed by atoms with E-state index in [1.54, 1.807) is 12.3 Å². The molecule has 7 nitrogen and oxygen atoms in total. The summed E-state index contributed by atoms with van der Waals surface area (Å²) in [5.74, 6) is 0.372. The van der Waals surface area contributed by atoms with Crippen LogP contribution in [0.3, 0.4) is 0 Å². The zero-order valence-corrected chi connectivity index (χ0v) is 16.0. The second-order valence-corrected chi connectivity index (χ2v) is 6.79. The molecule has 2 heterocycles. The molecular weight excluding hydrogens is 368 g/mol. The fraction of sp³-hybridized carbons (Fsp3) is 0.227. The van der Waals surface area contributed by atoms with Crippen LogP contribution in [0.4, 0.5) is 0 Å². The Labute approximate surface area is 167 Å². The maximum atomic E-state index is 12.2. The number of hydrogen-bond donors (Lipinski definition) is 1. The Hall–Kier alpha value is -3.61. The van der Waals surface area contributed by atoms with Crippen LogP contribution >= 0.6 is 0 Å². The highest BCUT2D eigenvalue weighted by atomic mass is 16.4. The van der Waals surface area contributed by atoms with Gasteiger partial charge in [-0.15, -0.1) is 0 Å². The molecule has 0 saturated heterocycles. The summed E-state index contributed by atoms with van der Waals surface area (Å²) in [6.45, 7) is 1.52. The van der Waals surface area contributed by atoms with Crippen LogP contribution in [0, 0.1) is 0 Å². The van der Waals surface area contributed by atoms with Gasteiger partial charge >= 0.3 is 5.76 Å². The molecule has 0 atom stereocenters. The monoisotopic (exact) mass is 390 g/mol. The molecule has 0 unspecified atom stereocenters. The van der Waals surface area contributed by atoms with E-state index in [2.05, 4.69) is 27.0 Å².